The summed E-state index contributed by atoms with van der Waals surface area (Å²) >= 11 is 0. The van der Waals surface area contributed by atoms with E-state index in [1.54, 1.807) is 22.5 Å². The van der Waals surface area contributed by atoms with Crippen LogP contribution in [0, 0.1) is 12.7 Å². The SMILES string of the molecule is CC=O.CCCCCn1cc(C(=O)O)c(=O)c2c(C)c(F)c(N3CCCCc4cc(N5CC(CNC)OC5=O)ccc4C3)cc21. The third kappa shape index (κ3) is 7.36. The highest BCUT2D eigenvalue weighted by Crippen LogP contribution is 2.33. The number of benzene rings is 2. The highest BCUT2D eigenvalue weighted by molar-refractivity contribution is 5.95. The van der Waals surface area contributed by atoms with E-state index in [0.717, 1.165) is 61.6 Å². The first-order valence-corrected chi connectivity index (χ1v) is 15.6. The molecule has 2 aromatic carbocycles. The number of aromatic nitrogens is 1. The van der Waals surface area contributed by atoms with E-state index in [0.29, 0.717) is 43.9 Å². The number of rotatable bonds is 9. The summed E-state index contributed by atoms with van der Waals surface area (Å²) in [5.74, 6) is -1.81. The number of amides is 1. The zero-order valence-corrected chi connectivity index (χ0v) is 26.5. The zero-order chi connectivity index (χ0) is 32.7. The number of carbonyl (C=O) groups is 3. The van der Waals surface area contributed by atoms with E-state index in [1.165, 1.54) is 13.1 Å². The molecule has 1 saturated heterocycles. The van der Waals surface area contributed by atoms with Crippen LogP contribution < -0.4 is 20.5 Å². The van der Waals surface area contributed by atoms with Crippen LogP contribution in [0.15, 0.2) is 35.3 Å². The fourth-order valence-electron chi connectivity index (χ4n) is 6.13. The number of nitrogens with one attached hydrogen (secondary N) is 1. The first-order valence-electron chi connectivity index (χ1n) is 15.6. The Bertz CT molecular complexity index is 1620. The molecule has 45 heavy (non-hydrogen) atoms. The van der Waals surface area contributed by atoms with E-state index in [2.05, 4.69) is 12.2 Å². The van der Waals surface area contributed by atoms with Crippen LogP contribution in [-0.4, -0.2) is 60.8 Å². The molecule has 1 aromatic heterocycles. The minimum absolute atomic E-state index is 0.124. The first-order chi connectivity index (χ1) is 21.6. The maximum Gasteiger partial charge on any atom is 0.414 e. The molecule has 0 radical (unpaired) electrons. The third-order valence-corrected chi connectivity index (χ3v) is 8.39. The number of fused-ring (bicyclic) bond motifs is 2. The number of unbranched alkanes of at least 4 members (excludes halogenated alkanes) is 2. The lowest BCUT2D eigenvalue weighted by Gasteiger charge is -2.30. The fraction of sp³-hybridized carbons (Fsp3) is 0.471. The number of carbonyl (C=O) groups excluding carboxylic acids is 2. The molecule has 2 aliphatic rings. The van der Waals surface area contributed by atoms with Gasteiger partial charge in [0.05, 0.1) is 23.1 Å². The normalized spacial score (nSPS) is 16.4. The second-order valence-electron chi connectivity index (χ2n) is 11.5. The predicted molar refractivity (Wildman–Crippen MR) is 173 cm³/mol. The number of aldehydes is 1. The van der Waals surface area contributed by atoms with E-state index in [9.17, 15) is 19.5 Å². The Hall–Kier alpha value is -4.25. The molecule has 2 N–H and O–H groups in total. The number of pyridine rings is 1. The van der Waals surface area contributed by atoms with Crippen LogP contribution >= 0.6 is 0 Å². The summed E-state index contributed by atoms with van der Waals surface area (Å²) < 4.78 is 23.4. The Morgan fingerprint density at radius 3 is 2.62 bits per heavy atom. The molecule has 3 heterocycles. The summed E-state index contributed by atoms with van der Waals surface area (Å²) in [5, 5.41) is 12.9. The second kappa shape index (κ2) is 15.2. The van der Waals surface area contributed by atoms with Crippen molar-refractivity contribution in [3.63, 3.8) is 0 Å². The van der Waals surface area contributed by atoms with Gasteiger partial charge >= 0.3 is 12.1 Å². The van der Waals surface area contributed by atoms with Crippen molar-refractivity contribution in [3.05, 3.63) is 68.8 Å². The van der Waals surface area contributed by atoms with Gasteiger partial charge in [-0.15, -0.1) is 0 Å². The van der Waals surface area contributed by atoms with Crippen molar-refractivity contribution in [1.29, 1.82) is 0 Å². The number of aryl methyl sites for hydroxylation is 3. The molecule has 1 amide bonds. The summed E-state index contributed by atoms with van der Waals surface area (Å²) in [6.07, 6.45) is 6.96. The molecule has 2 aliphatic heterocycles. The molecule has 0 spiro atoms. The van der Waals surface area contributed by atoms with Gasteiger partial charge < -0.3 is 29.4 Å². The van der Waals surface area contributed by atoms with Crippen molar-refractivity contribution in [1.82, 2.24) is 9.88 Å². The molecule has 0 saturated carbocycles. The molecule has 242 valence electrons. The smallest absolute Gasteiger partial charge is 0.414 e. The fourth-order valence-corrected chi connectivity index (χ4v) is 6.13. The van der Waals surface area contributed by atoms with Gasteiger partial charge in [-0.3, -0.25) is 9.69 Å². The van der Waals surface area contributed by atoms with Crippen LogP contribution in [0.5, 0.6) is 0 Å². The van der Waals surface area contributed by atoms with Crippen molar-refractivity contribution >= 4 is 40.6 Å². The molecule has 11 heteroatoms. The van der Waals surface area contributed by atoms with Crippen molar-refractivity contribution < 1.29 is 28.6 Å². The largest absolute Gasteiger partial charge is 0.477 e. The lowest BCUT2D eigenvalue weighted by atomic mass is 9.97. The molecule has 0 bridgehead atoms. The highest BCUT2D eigenvalue weighted by Gasteiger charge is 2.32. The van der Waals surface area contributed by atoms with Gasteiger partial charge in [0.25, 0.3) is 0 Å². The Morgan fingerprint density at radius 2 is 1.93 bits per heavy atom. The van der Waals surface area contributed by atoms with Crippen LogP contribution in [0.25, 0.3) is 10.9 Å². The van der Waals surface area contributed by atoms with E-state index in [1.807, 2.05) is 30.1 Å². The number of carboxylic acids is 1. The zero-order valence-electron chi connectivity index (χ0n) is 26.5. The molecule has 1 atom stereocenters. The lowest BCUT2D eigenvalue weighted by molar-refractivity contribution is -0.106. The van der Waals surface area contributed by atoms with Crippen LogP contribution in [0.2, 0.25) is 0 Å². The monoisotopic (exact) mass is 622 g/mol. The molecule has 1 fully saturated rings. The van der Waals surface area contributed by atoms with Crippen molar-refractivity contribution in [3.8, 4) is 0 Å². The first kappa shape index (κ1) is 33.6. The Balaban J connectivity index is 0.00000148. The van der Waals surface area contributed by atoms with E-state index in [4.69, 9.17) is 9.53 Å². The van der Waals surface area contributed by atoms with E-state index < -0.39 is 17.2 Å². The molecule has 5 rings (SSSR count). The predicted octanol–water partition coefficient (Wildman–Crippen LogP) is 5.43. The molecular weight excluding hydrogens is 579 g/mol. The maximum atomic E-state index is 16.1. The van der Waals surface area contributed by atoms with Crippen molar-refractivity contribution in [2.75, 3.05) is 36.5 Å². The average Bonchev–Trinajstić information content (AvgIpc) is 3.36. The standard InChI is InChI=1S/C32H39FN4O5.C2H4O/c1-4-5-7-12-36-19-25(31(39)40)30(38)28-20(2)29(33)27(15-26(28)36)35-13-8-6-9-21-14-23(11-10-22(21)17-35)37-18-24(16-34-3)42-32(37)41;1-2-3/h10-11,14-15,19,24,34H,4-9,12-13,16-18H2,1-3H3,(H,39,40);2H,1H3. The summed E-state index contributed by atoms with van der Waals surface area (Å²) in [6, 6.07) is 7.69. The van der Waals surface area contributed by atoms with Gasteiger partial charge in [0, 0.05) is 43.6 Å². The summed E-state index contributed by atoms with van der Waals surface area (Å²) in [6.45, 7) is 7.81. The Kier molecular flexibility index (Phi) is 11.3. The van der Waals surface area contributed by atoms with Crippen LogP contribution in [0.4, 0.5) is 20.6 Å². The number of likely N-dealkylation sites (N-methyl/N-ethyl adjacent to an activating group) is 1. The number of aromatic carboxylic acids is 1. The number of anilines is 2. The average molecular weight is 623 g/mol. The number of hydrogen-bond acceptors (Lipinski definition) is 7. The van der Waals surface area contributed by atoms with Gasteiger partial charge in [0.2, 0.25) is 5.43 Å². The van der Waals surface area contributed by atoms with Gasteiger partial charge in [0.15, 0.2) is 0 Å². The lowest BCUT2D eigenvalue weighted by Crippen LogP contribution is -2.30. The number of carboxylic acid groups (broad SMARTS) is 1. The minimum Gasteiger partial charge on any atom is -0.477 e. The van der Waals surface area contributed by atoms with E-state index in [-0.39, 0.29) is 28.7 Å². The number of cyclic esters (lactones) is 1. The van der Waals surface area contributed by atoms with Crippen LogP contribution in [0.3, 0.4) is 0 Å². The minimum atomic E-state index is -1.31. The third-order valence-electron chi connectivity index (χ3n) is 8.39. The molecule has 0 aliphatic carbocycles. The molecular formula is C34H43FN4O6. The van der Waals surface area contributed by atoms with Gasteiger partial charge in [0.1, 0.15) is 23.8 Å². The number of halogens is 1. The van der Waals surface area contributed by atoms with Crippen LogP contribution in [-0.2, 0) is 29.0 Å². The summed E-state index contributed by atoms with van der Waals surface area (Å²) in [7, 11) is 1.83. The van der Waals surface area contributed by atoms with E-state index >= 15 is 4.39 Å². The van der Waals surface area contributed by atoms with Crippen LogP contribution in [0.1, 0.15) is 73.0 Å². The summed E-state index contributed by atoms with van der Waals surface area (Å²) in [5.41, 5.74) is 3.08. The van der Waals surface area contributed by atoms with Crippen molar-refractivity contribution in [2.45, 2.75) is 78.5 Å². The number of hydrogen-bond donors (Lipinski definition) is 2. The molecule has 10 nitrogen and oxygen atoms in total. The highest BCUT2D eigenvalue weighted by atomic mass is 19.1. The molecule has 1 unspecified atom stereocenters. The van der Waals surface area contributed by atoms with Gasteiger partial charge in [-0.05, 0) is 75.9 Å². The number of nitrogens with zero attached hydrogens (tertiary/aromatic N) is 3. The second-order valence-corrected chi connectivity index (χ2v) is 11.5. The number of ether oxygens (including phenoxy) is 1. The van der Waals surface area contributed by atoms with Gasteiger partial charge in [-0.1, -0.05) is 25.8 Å². The van der Waals surface area contributed by atoms with Gasteiger partial charge in [-0.2, -0.15) is 0 Å². The Labute approximate surface area is 262 Å². The Morgan fingerprint density at radius 1 is 1.18 bits per heavy atom. The maximum absolute atomic E-state index is 16.1. The quantitative estimate of drug-likeness (QED) is 0.239. The van der Waals surface area contributed by atoms with Crippen molar-refractivity contribution in [2.24, 2.45) is 0 Å². The topological polar surface area (TPSA) is 121 Å². The molecule has 3 aromatic rings. The van der Waals surface area contributed by atoms with Gasteiger partial charge in [-0.25, -0.2) is 14.0 Å². The summed E-state index contributed by atoms with van der Waals surface area (Å²) in [4.78, 5) is 50.1.